The summed E-state index contributed by atoms with van der Waals surface area (Å²) in [5.74, 6) is 1.90. The molecule has 2 aliphatic rings. The van der Waals surface area contributed by atoms with Crippen LogP contribution in [0.25, 0.3) is 34.2 Å². The zero-order chi connectivity index (χ0) is 33.7. The lowest BCUT2D eigenvalue weighted by molar-refractivity contribution is 1.07. The molecule has 0 radical (unpaired) electrons. The summed E-state index contributed by atoms with van der Waals surface area (Å²) in [7, 11) is 0. The Morgan fingerprint density at radius 3 is 1.12 bits per heavy atom. The summed E-state index contributed by atoms with van der Waals surface area (Å²) in [6, 6.07) is 63.9. The van der Waals surface area contributed by atoms with Crippen molar-refractivity contribution < 1.29 is 0 Å². The number of para-hydroxylation sites is 4. The molecular formula is C45H30BN5. The van der Waals surface area contributed by atoms with Crippen LogP contribution in [0.15, 0.2) is 182 Å². The zero-order valence-corrected chi connectivity index (χ0v) is 27.6. The van der Waals surface area contributed by atoms with Gasteiger partial charge < -0.3 is 9.80 Å². The van der Waals surface area contributed by atoms with Gasteiger partial charge in [-0.25, -0.2) is 15.0 Å². The normalized spacial score (nSPS) is 12.6. The van der Waals surface area contributed by atoms with Gasteiger partial charge in [-0.2, -0.15) is 0 Å². The second kappa shape index (κ2) is 12.0. The van der Waals surface area contributed by atoms with Crippen molar-refractivity contribution >= 4 is 57.2 Å². The molecule has 0 aliphatic carbocycles. The third-order valence-electron chi connectivity index (χ3n) is 9.87. The molecule has 1 aromatic heterocycles. The van der Waals surface area contributed by atoms with Gasteiger partial charge in [-0.3, -0.25) is 0 Å². The van der Waals surface area contributed by atoms with Crippen LogP contribution < -0.4 is 26.2 Å². The first kappa shape index (κ1) is 29.2. The largest absolute Gasteiger partial charge is 0.311 e. The van der Waals surface area contributed by atoms with Crippen molar-refractivity contribution in [1.82, 2.24) is 15.0 Å². The fourth-order valence-corrected chi connectivity index (χ4v) is 7.67. The number of benzene rings is 7. The standard InChI is InChI=1S/C45H30BN5/c1-5-17-31(18-6-1)43-47-44(32-19-7-2-8-20-32)49-45(48-43)33-29-40-42-41(30-33)51(35-23-11-4-12-24-35)39-28-16-14-26-37(39)46(42)36-25-13-15-27-38(36)50(40)34-21-9-3-10-22-34/h1-30H. The minimum absolute atomic E-state index is 0.0366. The van der Waals surface area contributed by atoms with Crippen LogP contribution in [0.3, 0.4) is 0 Å². The van der Waals surface area contributed by atoms with Crippen LogP contribution in [0.5, 0.6) is 0 Å². The van der Waals surface area contributed by atoms with Gasteiger partial charge in [0.1, 0.15) is 0 Å². The first-order valence-corrected chi connectivity index (χ1v) is 17.3. The number of hydrogen-bond acceptors (Lipinski definition) is 5. The number of hydrogen-bond donors (Lipinski definition) is 0. The lowest BCUT2D eigenvalue weighted by atomic mass is 9.33. The first-order valence-electron chi connectivity index (χ1n) is 17.3. The summed E-state index contributed by atoms with van der Waals surface area (Å²) >= 11 is 0. The molecule has 0 spiro atoms. The highest BCUT2D eigenvalue weighted by atomic mass is 15.2. The molecule has 0 atom stereocenters. The summed E-state index contributed by atoms with van der Waals surface area (Å²) in [6.45, 7) is 0.0366. The monoisotopic (exact) mass is 651 g/mol. The molecule has 3 heterocycles. The van der Waals surface area contributed by atoms with E-state index in [-0.39, 0.29) is 6.71 Å². The molecule has 8 aromatic rings. The molecule has 238 valence electrons. The Morgan fingerprint density at radius 2 is 0.686 bits per heavy atom. The number of rotatable bonds is 5. The van der Waals surface area contributed by atoms with Crippen LogP contribution in [-0.2, 0) is 0 Å². The molecule has 51 heavy (non-hydrogen) atoms. The number of nitrogens with zero attached hydrogens (tertiary/aromatic N) is 5. The van der Waals surface area contributed by atoms with Gasteiger partial charge in [0.25, 0.3) is 6.71 Å². The quantitative estimate of drug-likeness (QED) is 0.174. The third kappa shape index (κ3) is 4.84. The second-order valence-corrected chi connectivity index (χ2v) is 12.9. The molecule has 0 saturated carbocycles. The molecule has 2 aliphatic heterocycles. The van der Waals surface area contributed by atoms with Crippen LogP contribution in [0.1, 0.15) is 0 Å². The molecule has 5 nitrogen and oxygen atoms in total. The molecule has 0 saturated heterocycles. The Bertz CT molecular complexity index is 2370. The van der Waals surface area contributed by atoms with Gasteiger partial charge in [0, 0.05) is 50.8 Å². The SMILES string of the molecule is c1ccc(-c2nc(-c3ccccc3)nc(-c3cc4c5c(c3)N(c3ccccc3)c3ccccc3B5c3ccccc3N4c3ccccc3)n2)cc1. The summed E-state index contributed by atoms with van der Waals surface area (Å²) in [4.78, 5) is 20.2. The smallest absolute Gasteiger partial charge is 0.252 e. The minimum Gasteiger partial charge on any atom is -0.311 e. The van der Waals surface area contributed by atoms with Gasteiger partial charge in [-0.05, 0) is 64.9 Å². The lowest BCUT2D eigenvalue weighted by Gasteiger charge is -2.44. The van der Waals surface area contributed by atoms with Crippen LogP contribution in [0.2, 0.25) is 0 Å². The lowest BCUT2D eigenvalue weighted by Crippen LogP contribution is -2.61. The second-order valence-electron chi connectivity index (χ2n) is 12.9. The maximum absolute atomic E-state index is 5.19. The van der Waals surface area contributed by atoms with E-state index < -0.39 is 0 Å². The van der Waals surface area contributed by atoms with E-state index in [2.05, 4.69) is 155 Å². The summed E-state index contributed by atoms with van der Waals surface area (Å²) in [5.41, 5.74) is 13.3. The van der Waals surface area contributed by atoms with Gasteiger partial charge in [-0.15, -0.1) is 0 Å². The van der Waals surface area contributed by atoms with E-state index in [9.17, 15) is 0 Å². The van der Waals surface area contributed by atoms with E-state index in [4.69, 9.17) is 15.0 Å². The molecular weight excluding hydrogens is 621 g/mol. The Balaban J connectivity index is 1.30. The van der Waals surface area contributed by atoms with E-state index in [0.29, 0.717) is 17.5 Å². The van der Waals surface area contributed by atoms with Crippen LogP contribution >= 0.6 is 0 Å². The molecule has 0 amide bonds. The minimum atomic E-state index is 0.0366. The molecule has 0 bridgehead atoms. The van der Waals surface area contributed by atoms with Crippen molar-refractivity contribution in [2.24, 2.45) is 0 Å². The summed E-state index contributed by atoms with van der Waals surface area (Å²) in [6.07, 6.45) is 0. The molecule has 6 heteroatoms. The molecule has 7 aromatic carbocycles. The van der Waals surface area contributed by atoms with Crippen molar-refractivity contribution in [3.8, 4) is 34.2 Å². The van der Waals surface area contributed by atoms with E-state index >= 15 is 0 Å². The van der Waals surface area contributed by atoms with E-state index in [0.717, 1.165) is 50.8 Å². The Kier molecular flexibility index (Phi) is 6.84. The summed E-state index contributed by atoms with van der Waals surface area (Å²) in [5, 5.41) is 0. The van der Waals surface area contributed by atoms with Crippen LogP contribution in [0, 0.1) is 0 Å². The highest BCUT2D eigenvalue weighted by molar-refractivity contribution is 7.00. The number of anilines is 6. The first-order chi connectivity index (χ1) is 25.3. The number of fused-ring (bicyclic) bond motifs is 4. The number of aromatic nitrogens is 3. The zero-order valence-electron chi connectivity index (χ0n) is 27.6. The Labute approximate surface area is 297 Å². The average molecular weight is 652 g/mol. The fraction of sp³-hybridized carbons (Fsp3) is 0. The van der Waals surface area contributed by atoms with Crippen molar-refractivity contribution in [3.63, 3.8) is 0 Å². The van der Waals surface area contributed by atoms with Crippen molar-refractivity contribution in [2.75, 3.05) is 9.80 Å². The Hall–Kier alpha value is -6.79. The van der Waals surface area contributed by atoms with Gasteiger partial charge in [0.2, 0.25) is 0 Å². The van der Waals surface area contributed by atoms with Gasteiger partial charge in [-0.1, -0.05) is 133 Å². The van der Waals surface area contributed by atoms with Crippen LogP contribution in [0.4, 0.5) is 34.1 Å². The predicted octanol–water partition coefficient (Wildman–Crippen LogP) is 8.96. The van der Waals surface area contributed by atoms with Crippen molar-refractivity contribution in [1.29, 1.82) is 0 Å². The molecule has 0 unspecified atom stereocenters. The van der Waals surface area contributed by atoms with Gasteiger partial charge in [0.15, 0.2) is 17.5 Å². The topological polar surface area (TPSA) is 45.2 Å². The molecule has 0 fully saturated rings. The third-order valence-corrected chi connectivity index (χ3v) is 9.87. The molecule has 10 rings (SSSR count). The van der Waals surface area contributed by atoms with Gasteiger partial charge >= 0.3 is 0 Å². The van der Waals surface area contributed by atoms with Gasteiger partial charge in [0.05, 0.1) is 0 Å². The highest BCUT2D eigenvalue weighted by Gasteiger charge is 2.43. The van der Waals surface area contributed by atoms with Crippen molar-refractivity contribution in [3.05, 3.63) is 182 Å². The Morgan fingerprint density at radius 1 is 0.333 bits per heavy atom. The van der Waals surface area contributed by atoms with E-state index in [1.54, 1.807) is 0 Å². The predicted molar refractivity (Wildman–Crippen MR) is 210 cm³/mol. The highest BCUT2D eigenvalue weighted by Crippen LogP contribution is 2.45. The summed E-state index contributed by atoms with van der Waals surface area (Å²) < 4.78 is 0. The van der Waals surface area contributed by atoms with Crippen molar-refractivity contribution in [2.45, 2.75) is 0 Å². The van der Waals surface area contributed by atoms with E-state index in [1.165, 1.54) is 16.4 Å². The molecule has 0 N–H and O–H groups in total. The van der Waals surface area contributed by atoms with Crippen LogP contribution in [-0.4, -0.2) is 21.7 Å². The fourth-order valence-electron chi connectivity index (χ4n) is 7.67. The average Bonchev–Trinajstić information content (AvgIpc) is 3.21. The maximum atomic E-state index is 5.19. The van der Waals surface area contributed by atoms with E-state index in [1.807, 2.05) is 36.4 Å². The maximum Gasteiger partial charge on any atom is 0.252 e.